The van der Waals surface area contributed by atoms with Crippen LogP contribution in [0.2, 0.25) is 0 Å². The molecule has 112 valence electrons. The topological polar surface area (TPSA) is 107 Å². The number of aromatic nitrogens is 2. The monoisotopic (exact) mass is 301 g/mol. The van der Waals surface area contributed by atoms with Crippen LogP contribution >= 0.6 is 0 Å². The van der Waals surface area contributed by atoms with E-state index in [1.165, 1.54) is 18.5 Å². The van der Waals surface area contributed by atoms with E-state index in [1.54, 1.807) is 6.92 Å². The van der Waals surface area contributed by atoms with Gasteiger partial charge in [0.25, 0.3) is 5.69 Å². The standard InChI is InChI=1S/C14H12FN5O2/c1-14(9-6-8(20(21)22)2-3-10(9)15)7-11-12(13(16)19-14)18-5-4-17-11/h2-6H,7H2,1H3,(H2,16,19). The first-order chi connectivity index (χ1) is 10.4. The third-order valence-corrected chi connectivity index (χ3v) is 3.64. The third kappa shape index (κ3) is 2.18. The van der Waals surface area contributed by atoms with E-state index in [0.717, 1.165) is 12.1 Å². The number of aliphatic imine (C=N–C) groups is 1. The SMILES string of the molecule is CC1(c2cc([N+](=O)[O-])ccc2F)Cc2nccnc2C(N)=N1. The fraction of sp³-hybridized carbons (Fsp3) is 0.214. The summed E-state index contributed by atoms with van der Waals surface area (Å²) in [6.07, 6.45) is 3.27. The van der Waals surface area contributed by atoms with Gasteiger partial charge in [0.15, 0.2) is 0 Å². The molecule has 1 atom stereocenters. The lowest BCUT2D eigenvalue weighted by atomic mass is 9.84. The lowest BCUT2D eigenvalue weighted by Crippen LogP contribution is -2.35. The fourth-order valence-electron chi connectivity index (χ4n) is 2.59. The Bertz CT molecular complexity index is 808. The molecule has 2 heterocycles. The average molecular weight is 301 g/mol. The van der Waals surface area contributed by atoms with Crippen molar-refractivity contribution in [2.45, 2.75) is 18.9 Å². The van der Waals surface area contributed by atoms with E-state index in [9.17, 15) is 14.5 Å². The summed E-state index contributed by atoms with van der Waals surface area (Å²) in [7, 11) is 0. The maximum absolute atomic E-state index is 14.2. The van der Waals surface area contributed by atoms with Crippen LogP contribution in [-0.4, -0.2) is 20.7 Å². The van der Waals surface area contributed by atoms with Crippen molar-refractivity contribution in [2.24, 2.45) is 10.7 Å². The summed E-state index contributed by atoms with van der Waals surface area (Å²) in [5.41, 5.74) is 5.80. The maximum Gasteiger partial charge on any atom is 0.270 e. The Morgan fingerprint density at radius 3 is 2.82 bits per heavy atom. The molecule has 1 unspecified atom stereocenters. The number of benzene rings is 1. The average Bonchev–Trinajstić information content (AvgIpc) is 2.47. The predicted molar refractivity (Wildman–Crippen MR) is 76.9 cm³/mol. The van der Waals surface area contributed by atoms with Crippen molar-refractivity contribution in [3.8, 4) is 0 Å². The van der Waals surface area contributed by atoms with E-state index in [-0.39, 0.29) is 23.5 Å². The summed E-state index contributed by atoms with van der Waals surface area (Å²) in [6.45, 7) is 1.67. The van der Waals surface area contributed by atoms with Crippen LogP contribution < -0.4 is 5.73 Å². The molecule has 0 radical (unpaired) electrons. The zero-order valence-electron chi connectivity index (χ0n) is 11.7. The van der Waals surface area contributed by atoms with Gasteiger partial charge in [0, 0.05) is 36.5 Å². The van der Waals surface area contributed by atoms with Gasteiger partial charge in [-0.3, -0.25) is 20.1 Å². The van der Waals surface area contributed by atoms with Crippen LogP contribution in [0.1, 0.15) is 23.9 Å². The van der Waals surface area contributed by atoms with Crippen LogP contribution in [0.4, 0.5) is 10.1 Å². The fourth-order valence-corrected chi connectivity index (χ4v) is 2.59. The van der Waals surface area contributed by atoms with Gasteiger partial charge in [-0.25, -0.2) is 9.37 Å². The largest absolute Gasteiger partial charge is 0.382 e. The van der Waals surface area contributed by atoms with Crippen LogP contribution in [0, 0.1) is 15.9 Å². The molecule has 2 aromatic rings. The third-order valence-electron chi connectivity index (χ3n) is 3.64. The lowest BCUT2D eigenvalue weighted by Gasteiger charge is -2.30. The van der Waals surface area contributed by atoms with Crippen molar-refractivity contribution in [2.75, 3.05) is 0 Å². The molecule has 0 spiro atoms. The van der Waals surface area contributed by atoms with E-state index in [1.807, 2.05) is 0 Å². The highest BCUT2D eigenvalue weighted by atomic mass is 19.1. The summed E-state index contributed by atoms with van der Waals surface area (Å²) in [6, 6.07) is 3.37. The molecule has 8 heteroatoms. The minimum atomic E-state index is -1.07. The molecule has 1 aromatic carbocycles. The molecule has 2 N–H and O–H groups in total. The van der Waals surface area contributed by atoms with Crippen molar-refractivity contribution in [3.63, 3.8) is 0 Å². The number of rotatable bonds is 2. The van der Waals surface area contributed by atoms with Crippen LogP contribution in [-0.2, 0) is 12.0 Å². The Morgan fingerprint density at radius 2 is 2.09 bits per heavy atom. The normalized spacial score (nSPS) is 20.2. The quantitative estimate of drug-likeness (QED) is 0.671. The zero-order valence-corrected chi connectivity index (χ0v) is 11.7. The predicted octanol–water partition coefficient (Wildman–Crippen LogP) is 1.70. The molecule has 1 aliphatic rings. The summed E-state index contributed by atoms with van der Waals surface area (Å²) in [5.74, 6) is -0.431. The van der Waals surface area contributed by atoms with Gasteiger partial charge < -0.3 is 5.73 Å². The maximum atomic E-state index is 14.2. The van der Waals surface area contributed by atoms with Crippen LogP contribution in [0.3, 0.4) is 0 Å². The van der Waals surface area contributed by atoms with Crippen molar-refractivity contribution in [1.29, 1.82) is 0 Å². The van der Waals surface area contributed by atoms with Gasteiger partial charge in [-0.05, 0) is 13.0 Å². The number of fused-ring (bicyclic) bond motifs is 1. The first-order valence-electron chi connectivity index (χ1n) is 6.51. The summed E-state index contributed by atoms with van der Waals surface area (Å²) in [4.78, 5) is 23.0. The van der Waals surface area contributed by atoms with Gasteiger partial charge in [0.2, 0.25) is 0 Å². The Labute approximate surface area is 124 Å². The number of amidine groups is 1. The van der Waals surface area contributed by atoms with Crippen LogP contribution in [0.25, 0.3) is 0 Å². The van der Waals surface area contributed by atoms with E-state index < -0.39 is 16.3 Å². The molecular formula is C14H12FN5O2. The highest BCUT2D eigenvalue weighted by Gasteiger charge is 2.36. The molecule has 22 heavy (non-hydrogen) atoms. The van der Waals surface area contributed by atoms with Crippen LogP contribution in [0.5, 0.6) is 0 Å². The Morgan fingerprint density at radius 1 is 1.36 bits per heavy atom. The second kappa shape index (κ2) is 4.83. The Kier molecular flexibility index (Phi) is 3.09. The van der Waals surface area contributed by atoms with Crippen LogP contribution in [0.15, 0.2) is 35.6 Å². The molecule has 0 bridgehead atoms. The first kappa shape index (κ1) is 14.1. The molecule has 7 nitrogen and oxygen atoms in total. The molecular weight excluding hydrogens is 289 g/mol. The number of non-ortho nitro benzene ring substituents is 1. The molecule has 0 fully saturated rings. The Hall–Kier alpha value is -2.90. The van der Waals surface area contributed by atoms with Gasteiger partial charge >= 0.3 is 0 Å². The molecule has 1 aliphatic heterocycles. The second-order valence-corrected chi connectivity index (χ2v) is 5.22. The minimum absolute atomic E-state index is 0.112. The van der Waals surface area contributed by atoms with Gasteiger partial charge in [-0.1, -0.05) is 0 Å². The number of halogens is 1. The number of nitro groups is 1. The minimum Gasteiger partial charge on any atom is -0.382 e. The van der Waals surface area contributed by atoms with E-state index in [0.29, 0.717) is 11.4 Å². The molecule has 0 aliphatic carbocycles. The first-order valence-corrected chi connectivity index (χ1v) is 6.51. The van der Waals surface area contributed by atoms with E-state index in [4.69, 9.17) is 5.73 Å². The number of hydrogen-bond donors (Lipinski definition) is 1. The summed E-state index contributed by atoms with van der Waals surface area (Å²) < 4.78 is 14.2. The number of nitrogens with two attached hydrogens (primary N) is 1. The zero-order chi connectivity index (χ0) is 15.9. The van der Waals surface area contributed by atoms with Crippen molar-refractivity contribution < 1.29 is 9.31 Å². The van der Waals surface area contributed by atoms with E-state index >= 15 is 0 Å². The molecule has 0 saturated carbocycles. The molecule has 3 rings (SSSR count). The molecule has 0 saturated heterocycles. The van der Waals surface area contributed by atoms with Crippen molar-refractivity contribution in [1.82, 2.24) is 9.97 Å². The highest BCUT2D eigenvalue weighted by molar-refractivity contribution is 5.97. The van der Waals surface area contributed by atoms with Gasteiger partial charge in [0.1, 0.15) is 17.3 Å². The molecule has 0 amide bonds. The van der Waals surface area contributed by atoms with Gasteiger partial charge in [-0.2, -0.15) is 0 Å². The van der Waals surface area contributed by atoms with Crippen molar-refractivity contribution >= 4 is 11.5 Å². The summed E-state index contributed by atoms with van der Waals surface area (Å²) in [5, 5.41) is 10.9. The number of nitrogens with zero attached hydrogens (tertiary/aromatic N) is 4. The number of nitro benzene ring substituents is 1. The Balaban J connectivity index is 2.15. The smallest absolute Gasteiger partial charge is 0.270 e. The van der Waals surface area contributed by atoms with E-state index in [2.05, 4.69) is 15.0 Å². The number of hydrogen-bond acceptors (Lipinski definition) is 6. The molecule has 1 aromatic heterocycles. The van der Waals surface area contributed by atoms with Crippen molar-refractivity contribution in [3.05, 3.63) is 63.5 Å². The highest BCUT2D eigenvalue weighted by Crippen LogP contribution is 2.36. The lowest BCUT2D eigenvalue weighted by molar-refractivity contribution is -0.385. The van der Waals surface area contributed by atoms with Gasteiger partial charge in [0.05, 0.1) is 16.2 Å². The second-order valence-electron chi connectivity index (χ2n) is 5.22. The summed E-state index contributed by atoms with van der Waals surface area (Å²) >= 11 is 0. The van der Waals surface area contributed by atoms with Gasteiger partial charge in [-0.15, -0.1) is 0 Å².